The summed E-state index contributed by atoms with van der Waals surface area (Å²) in [7, 11) is 0. The highest BCUT2D eigenvalue weighted by Crippen LogP contribution is 2.31. The second kappa shape index (κ2) is 9.14. The van der Waals surface area contributed by atoms with E-state index in [-0.39, 0.29) is 30.7 Å². The number of nitrogens with one attached hydrogen (secondary N) is 1. The van der Waals surface area contributed by atoms with Crippen molar-refractivity contribution in [1.82, 2.24) is 15.5 Å². The Morgan fingerprint density at radius 3 is 2.65 bits per heavy atom. The lowest BCUT2D eigenvalue weighted by Gasteiger charge is -2.21. The molecule has 1 heterocycles. The minimum absolute atomic E-state index is 0.000727. The molecule has 7 nitrogen and oxygen atoms in total. The van der Waals surface area contributed by atoms with Gasteiger partial charge in [-0.1, -0.05) is 50.1 Å². The van der Waals surface area contributed by atoms with Crippen LogP contribution in [0.25, 0.3) is 0 Å². The van der Waals surface area contributed by atoms with E-state index in [1.807, 2.05) is 0 Å². The quantitative estimate of drug-likeness (QED) is 0.660. The molecule has 2 fully saturated rings. The van der Waals surface area contributed by atoms with Crippen LogP contribution in [0.4, 0.5) is 0 Å². The zero-order valence-corrected chi connectivity index (χ0v) is 15.3. The number of carbonyl (C=O) groups is 2. The van der Waals surface area contributed by atoms with E-state index in [0.717, 1.165) is 38.0 Å². The number of carboxylic acid groups (broad SMARTS) is 1. The van der Waals surface area contributed by atoms with Crippen LogP contribution in [0.1, 0.15) is 88.3 Å². The van der Waals surface area contributed by atoms with E-state index in [1.54, 1.807) is 0 Å². The smallest absolute Gasteiger partial charge is 0.304 e. The van der Waals surface area contributed by atoms with Gasteiger partial charge in [-0.05, 0) is 25.2 Å². The highest BCUT2D eigenvalue weighted by Gasteiger charge is 2.29. The molecule has 0 spiro atoms. The molecular weight excluding hydrogens is 334 g/mol. The van der Waals surface area contributed by atoms with Crippen molar-refractivity contribution < 1.29 is 19.2 Å². The number of carbonyl (C=O) groups excluding carboxylic acids is 1. The van der Waals surface area contributed by atoms with Crippen molar-refractivity contribution in [2.75, 3.05) is 0 Å². The van der Waals surface area contributed by atoms with E-state index >= 15 is 0 Å². The molecule has 0 saturated heterocycles. The Kier molecular flexibility index (Phi) is 6.63. The highest BCUT2D eigenvalue weighted by molar-refractivity contribution is 5.80. The Bertz CT molecular complexity index is 606. The maximum absolute atomic E-state index is 11.7. The van der Waals surface area contributed by atoms with E-state index in [9.17, 15) is 14.7 Å². The van der Waals surface area contributed by atoms with Gasteiger partial charge in [0.2, 0.25) is 11.8 Å². The fourth-order valence-electron chi connectivity index (χ4n) is 3.81. The first-order chi connectivity index (χ1) is 12.6. The van der Waals surface area contributed by atoms with E-state index in [1.165, 1.54) is 32.1 Å². The molecular formula is C19H29N3O4. The van der Waals surface area contributed by atoms with E-state index in [4.69, 9.17) is 4.52 Å². The second-order valence-electron chi connectivity index (χ2n) is 7.77. The molecule has 1 atom stereocenters. The number of aliphatic carboxylic acids is 1. The van der Waals surface area contributed by atoms with Crippen molar-refractivity contribution in [2.24, 2.45) is 11.8 Å². The number of aromatic nitrogens is 2. The minimum atomic E-state index is -0.852. The van der Waals surface area contributed by atoms with Gasteiger partial charge >= 0.3 is 5.97 Å². The van der Waals surface area contributed by atoms with E-state index in [0.29, 0.717) is 11.7 Å². The van der Waals surface area contributed by atoms with Crippen LogP contribution >= 0.6 is 0 Å². The van der Waals surface area contributed by atoms with Crippen LogP contribution in [0, 0.1) is 11.8 Å². The van der Waals surface area contributed by atoms with Gasteiger partial charge in [-0.25, -0.2) is 0 Å². The SMILES string of the molecule is O=C(O)C[C@@H](CCCC1CCCCC1)c1nc(CNC(=O)C2CC2)no1. The summed E-state index contributed by atoms with van der Waals surface area (Å²) in [6, 6.07) is 0. The molecule has 2 N–H and O–H groups in total. The van der Waals surface area contributed by atoms with Crippen molar-refractivity contribution in [1.29, 1.82) is 0 Å². The zero-order chi connectivity index (χ0) is 18.4. The Balaban J connectivity index is 1.49. The molecule has 2 aliphatic rings. The molecule has 7 heteroatoms. The van der Waals surface area contributed by atoms with Gasteiger partial charge in [0.15, 0.2) is 5.82 Å². The summed E-state index contributed by atoms with van der Waals surface area (Å²) in [5.41, 5.74) is 0. The standard InChI is InChI=1S/C19H29N3O4/c23-17(24)11-15(8-4-7-13-5-2-1-3-6-13)19-21-16(22-26-19)12-20-18(25)14-9-10-14/h13-15H,1-12H2,(H,20,25)(H,23,24)/t15-/m1/s1. The third-order valence-corrected chi connectivity index (χ3v) is 5.51. The first kappa shape index (κ1) is 18.9. The van der Waals surface area contributed by atoms with Gasteiger partial charge in [-0.3, -0.25) is 9.59 Å². The molecule has 0 radical (unpaired) electrons. The fourth-order valence-corrected chi connectivity index (χ4v) is 3.81. The number of nitrogens with zero attached hydrogens (tertiary/aromatic N) is 2. The summed E-state index contributed by atoms with van der Waals surface area (Å²) in [5.74, 6) is 0.645. The number of hydrogen-bond donors (Lipinski definition) is 2. The van der Waals surface area contributed by atoms with Gasteiger partial charge in [-0.15, -0.1) is 0 Å². The van der Waals surface area contributed by atoms with Crippen LogP contribution in [-0.2, 0) is 16.1 Å². The Labute approximate surface area is 153 Å². The number of hydrogen-bond acceptors (Lipinski definition) is 5. The van der Waals surface area contributed by atoms with Crippen LogP contribution in [-0.4, -0.2) is 27.1 Å². The average Bonchev–Trinajstić information content (AvgIpc) is 3.38. The van der Waals surface area contributed by atoms with Crippen molar-refractivity contribution in [3.05, 3.63) is 11.7 Å². The third kappa shape index (κ3) is 5.81. The predicted molar refractivity (Wildman–Crippen MR) is 94.3 cm³/mol. The topological polar surface area (TPSA) is 105 Å². The van der Waals surface area contributed by atoms with Crippen molar-refractivity contribution in [3.8, 4) is 0 Å². The summed E-state index contributed by atoms with van der Waals surface area (Å²) in [5, 5.41) is 15.9. The van der Waals surface area contributed by atoms with Gasteiger partial charge < -0.3 is 14.9 Å². The predicted octanol–water partition coefficient (Wildman–Crippen LogP) is 3.40. The molecule has 0 aromatic carbocycles. The monoisotopic (exact) mass is 363 g/mol. The normalized spacial score (nSPS) is 19.2. The molecule has 144 valence electrons. The van der Waals surface area contributed by atoms with Crippen LogP contribution < -0.4 is 5.32 Å². The summed E-state index contributed by atoms with van der Waals surface area (Å²) in [6.45, 7) is 0.237. The number of amides is 1. The summed E-state index contributed by atoms with van der Waals surface area (Å²) < 4.78 is 5.30. The Morgan fingerprint density at radius 1 is 1.19 bits per heavy atom. The third-order valence-electron chi connectivity index (χ3n) is 5.51. The summed E-state index contributed by atoms with van der Waals surface area (Å²) >= 11 is 0. The molecule has 26 heavy (non-hydrogen) atoms. The first-order valence-electron chi connectivity index (χ1n) is 9.94. The van der Waals surface area contributed by atoms with Crippen molar-refractivity contribution in [2.45, 2.75) is 83.1 Å². The van der Waals surface area contributed by atoms with Crippen molar-refractivity contribution >= 4 is 11.9 Å². The Morgan fingerprint density at radius 2 is 1.96 bits per heavy atom. The maximum Gasteiger partial charge on any atom is 0.304 e. The molecule has 2 aliphatic carbocycles. The Hall–Kier alpha value is -1.92. The molecule has 1 aromatic rings. The van der Waals surface area contributed by atoms with Gasteiger partial charge in [0, 0.05) is 11.8 Å². The number of rotatable bonds is 10. The van der Waals surface area contributed by atoms with Gasteiger partial charge in [0.05, 0.1) is 13.0 Å². The van der Waals surface area contributed by atoms with E-state index in [2.05, 4.69) is 15.5 Å². The molecule has 2 saturated carbocycles. The van der Waals surface area contributed by atoms with Gasteiger partial charge in [-0.2, -0.15) is 4.98 Å². The molecule has 0 bridgehead atoms. The lowest BCUT2D eigenvalue weighted by atomic mass is 9.84. The lowest BCUT2D eigenvalue weighted by molar-refractivity contribution is -0.137. The fraction of sp³-hybridized carbons (Fsp3) is 0.789. The van der Waals surface area contributed by atoms with E-state index < -0.39 is 5.97 Å². The molecule has 3 rings (SSSR count). The second-order valence-corrected chi connectivity index (χ2v) is 7.77. The largest absolute Gasteiger partial charge is 0.481 e. The average molecular weight is 363 g/mol. The molecule has 1 aromatic heterocycles. The summed E-state index contributed by atoms with van der Waals surface area (Å²) in [4.78, 5) is 27.2. The molecule has 0 unspecified atom stereocenters. The molecule has 0 aliphatic heterocycles. The van der Waals surface area contributed by atoms with Gasteiger partial charge in [0.1, 0.15) is 0 Å². The summed E-state index contributed by atoms with van der Waals surface area (Å²) in [6.07, 6.45) is 11.4. The van der Waals surface area contributed by atoms with Gasteiger partial charge in [0.25, 0.3) is 0 Å². The lowest BCUT2D eigenvalue weighted by Crippen LogP contribution is -2.24. The van der Waals surface area contributed by atoms with Crippen molar-refractivity contribution in [3.63, 3.8) is 0 Å². The number of carboxylic acids is 1. The minimum Gasteiger partial charge on any atom is -0.481 e. The maximum atomic E-state index is 11.7. The highest BCUT2D eigenvalue weighted by atomic mass is 16.5. The molecule has 1 amide bonds. The van der Waals surface area contributed by atoms with Crippen LogP contribution in [0.15, 0.2) is 4.52 Å². The van der Waals surface area contributed by atoms with Crippen LogP contribution in [0.5, 0.6) is 0 Å². The van der Waals surface area contributed by atoms with Crippen LogP contribution in [0.3, 0.4) is 0 Å². The zero-order valence-electron chi connectivity index (χ0n) is 15.3. The van der Waals surface area contributed by atoms with Crippen LogP contribution in [0.2, 0.25) is 0 Å². The first-order valence-corrected chi connectivity index (χ1v) is 9.94.